The van der Waals surface area contributed by atoms with Crippen LogP contribution >= 0.6 is 11.3 Å². The second kappa shape index (κ2) is 5.73. The first kappa shape index (κ1) is 13.3. The fraction of sp³-hybridized carbons (Fsp3) is 0.235. The number of hydrogen-bond acceptors (Lipinski definition) is 3. The van der Waals surface area contributed by atoms with E-state index in [0.717, 1.165) is 12.2 Å². The topological polar surface area (TPSA) is 24.9 Å². The van der Waals surface area contributed by atoms with Crippen molar-refractivity contribution in [1.82, 2.24) is 10.3 Å². The van der Waals surface area contributed by atoms with Gasteiger partial charge in [-0.3, -0.25) is 0 Å². The van der Waals surface area contributed by atoms with E-state index in [2.05, 4.69) is 66.6 Å². The van der Waals surface area contributed by atoms with Crippen molar-refractivity contribution >= 4 is 22.1 Å². The highest BCUT2D eigenvalue weighted by Gasteiger charge is 2.10. The monoisotopic (exact) mass is 282 g/mol. The highest BCUT2D eigenvalue weighted by molar-refractivity contribution is 7.09. The summed E-state index contributed by atoms with van der Waals surface area (Å²) in [6.07, 6.45) is 0. The highest BCUT2D eigenvalue weighted by Crippen LogP contribution is 2.23. The molecular weight excluding hydrogens is 264 g/mol. The average molecular weight is 282 g/mol. The Kier molecular flexibility index (Phi) is 3.81. The van der Waals surface area contributed by atoms with E-state index in [1.165, 1.54) is 21.2 Å². The Bertz CT molecular complexity index is 712. The number of nitrogens with one attached hydrogen (secondary N) is 1. The van der Waals surface area contributed by atoms with Crippen LogP contribution in [-0.2, 0) is 6.54 Å². The minimum Gasteiger partial charge on any atom is -0.305 e. The number of nitrogens with zero attached hydrogens (tertiary/aromatic N) is 1. The van der Waals surface area contributed by atoms with Gasteiger partial charge in [-0.2, -0.15) is 0 Å². The average Bonchev–Trinajstić information content (AvgIpc) is 2.91. The van der Waals surface area contributed by atoms with Crippen LogP contribution in [0.4, 0.5) is 0 Å². The van der Waals surface area contributed by atoms with Crippen molar-refractivity contribution in [3.8, 4) is 0 Å². The largest absolute Gasteiger partial charge is 0.305 e. The van der Waals surface area contributed by atoms with Gasteiger partial charge in [0.05, 0.1) is 11.2 Å². The molecule has 0 aliphatic carbocycles. The molecule has 0 spiro atoms. The van der Waals surface area contributed by atoms with E-state index in [4.69, 9.17) is 0 Å². The Morgan fingerprint density at radius 3 is 2.75 bits per heavy atom. The molecule has 1 unspecified atom stereocenters. The van der Waals surface area contributed by atoms with E-state index in [-0.39, 0.29) is 0 Å². The molecule has 2 nitrogen and oxygen atoms in total. The molecule has 1 N–H and O–H groups in total. The molecule has 0 aliphatic heterocycles. The van der Waals surface area contributed by atoms with Crippen molar-refractivity contribution < 1.29 is 0 Å². The normalized spacial score (nSPS) is 12.7. The quantitative estimate of drug-likeness (QED) is 0.764. The molecule has 2 aromatic carbocycles. The summed E-state index contributed by atoms with van der Waals surface area (Å²) in [5.74, 6) is 0. The summed E-state index contributed by atoms with van der Waals surface area (Å²) in [4.78, 5) is 5.65. The lowest BCUT2D eigenvalue weighted by Gasteiger charge is -2.14. The van der Waals surface area contributed by atoms with Crippen molar-refractivity contribution in [3.05, 3.63) is 64.1 Å². The molecule has 0 fully saturated rings. The van der Waals surface area contributed by atoms with Crippen molar-refractivity contribution in [2.45, 2.75) is 26.4 Å². The van der Waals surface area contributed by atoms with Gasteiger partial charge < -0.3 is 5.32 Å². The van der Waals surface area contributed by atoms with Crippen LogP contribution in [-0.4, -0.2) is 4.98 Å². The number of fused-ring (bicyclic) bond motifs is 1. The second-order valence-corrected chi connectivity index (χ2v) is 5.93. The summed E-state index contributed by atoms with van der Waals surface area (Å²) in [5, 5.41) is 6.23. The van der Waals surface area contributed by atoms with Gasteiger partial charge in [-0.05, 0) is 30.2 Å². The fourth-order valence-electron chi connectivity index (χ4n) is 2.53. The summed E-state index contributed by atoms with van der Waals surface area (Å²) < 4.78 is 0. The summed E-state index contributed by atoms with van der Waals surface area (Å²) in [5.41, 5.74) is 4.39. The van der Waals surface area contributed by atoms with Gasteiger partial charge in [0.15, 0.2) is 0 Å². The number of aryl methyl sites for hydroxylation is 1. The van der Waals surface area contributed by atoms with E-state index in [1.54, 1.807) is 11.3 Å². The first-order valence-corrected chi connectivity index (χ1v) is 7.73. The summed E-state index contributed by atoms with van der Waals surface area (Å²) in [6.45, 7) is 5.15. The third-order valence-electron chi connectivity index (χ3n) is 3.65. The van der Waals surface area contributed by atoms with Crippen LogP contribution < -0.4 is 5.32 Å². The zero-order chi connectivity index (χ0) is 13.9. The molecule has 1 aromatic heterocycles. The second-order valence-electron chi connectivity index (χ2n) is 5.04. The highest BCUT2D eigenvalue weighted by atomic mass is 32.1. The van der Waals surface area contributed by atoms with Crippen LogP contribution in [0.1, 0.15) is 29.1 Å². The Balaban J connectivity index is 1.79. The van der Waals surface area contributed by atoms with Crippen molar-refractivity contribution in [2.24, 2.45) is 0 Å². The zero-order valence-corrected chi connectivity index (χ0v) is 12.6. The lowest BCUT2D eigenvalue weighted by atomic mass is 10.0. The van der Waals surface area contributed by atoms with Crippen molar-refractivity contribution in [3.63, 3.8) is 0 Å². The van der Waals surface area contributed by atoms with Crippen LogP contribution in [0, 0.1) is 6.92 Å². The first-order chi connectivity index (χ1) is 9.75. The van der Waals surface area contributed by atoms with Crippen molar-refractivity contribution in [2.75, 3.05) is 0 Å². The molecule has 0 saturated heterocycles. The maximum Gasteiger partial charge on any atom is 0.0798 e. The Labute approximate surface area is 123 Å². The maximum atomic E-state index is 4.32. The molecule has 0 saturated carbocycles. The molecule has 3 rings (SSSR count). The predicted molar refractivity (Wildman–Crippen MR) is 86.1 cm³/mol. The molecule has 3 heteroatoms. The van der Waals surface area contributed by atoms with E-state index in [0.29, 0.717) is 6.04 Å². The SMILES string of the molecule is Cc1ncsc1C(C)NCc1cccc2ccccc12. The maximum absolute atomic E-state index is 4.32. The predicted octanol–water partition coefficient (Wildman–Crippen LogP) is 4.46. The van der Waals surface area contributed by atoms with Gasteiger partial charge in [0.25, 0.3) is 0 Å². The Morgan fingerprint density at radius 1 is 1.15 bits per heavy atom. The number of aromatic nitrogens is 1. The molecule has 0 aliphatic rings. The van der Waals surface area contributed by atoms with Gasteiger partial charge in [-0.25, -0.2) is 4.98 Å². The molecule has 0 amide bonds. The lowest BCUT2D eigenvalue weighted by Crippen LogP contribution is -2.18. The standard InChI is InChI=1S/C17H18N2S/c1-12(17-13(2)19-11-20-17)18-10-15-8-5-7-14-6-3-4-9-16(14)15/h3-9,11-12,18H,10H2,1-2H3. The number of rotatable bonds is 4. The van der Waals surface area contributed by atoms with Crippen molar-refractivity contribution in [1.29, 1.82) is 0 Å². The number of hydrogen-bond donors (Lipinski definition) is 1. The molecular formula is C17H18N2S. The minimum atomic E-state index is 0.335. The Hall–Kier alpha value is -1.71. The summed E-state index contributed by atoms with van der Waals surface area (Å²) in [6, 6.07) is 15.4. The third-order valence-corrected chi connectivity index (χ3v) is 4.77. The van der Waals surface area contributed by atoms with Crippen LogP contribution in [0.2, 0.25) is 0 Å². The van der Waals surface area contributed by atoms with Crippen LogP contribution in [0.5, 0.6) is 0 Å². The van der Waals surface area contributed by atoms with Crippen LogP contribution in [0.25, 0.3) is 10.8 Å². The van der Waals surface area contributed by atoms with Gasteiger partial charge in [0, 0.05) is 17.5 Å². The number of thiazole rings is 1. The molecule has 1 heterocycles. The molecule has 1 atom stereocenters. The van der Waals surface area contributed by atoms with Gasteiger partial charge in [-0.1, -0.05) is 42.5 Å². The smallest absolute Gasteiger partial charge is 0.0798 e. The zero-order valence-electron chi connectivity index (χ0n) is 11.8. The van der Waals surface area contributed by atoms with E-state index >= 15 is 0 Å². The van der Waals surface area contributed by atoms with Crippen LogP contribution in [0.3, 0.4) is 0 Å². The van der Waals surface area contributed by atoms with Crippen LogP contribution in [0.15, 0.2) is 48.0 Å². The van der Waals surface area contributed by atoms with Gasteiger partial charge in [0.1, 0.15) is 0 Å². The van der Waals surface area contributed by atoms with E-state index < -0.39 is 0 Å². The minimum absolute atomic E-state index is 0.335. The fourth-order valence-corrected chi connectivity index (χ4v) is 3.36. The third kappa shape index (κ3) is 2.60. The number of benzene rings is 2. The molecule has 0 radical (unpaired) electrons. The first-order valence-electron chi connectivity index (χ1n) is 6.85. The van der Waals surface area contributed by atoms with Gasteiger partial charge in [0.2, 0.25) is 0 Å². The molecule has 20 heavy (non-hydrogen) atoms. The molecule has 0 bridgehead atoms. The summed E-state index contributed by atoms with van der Waals surface area (Å²) in [7, 11) is 0. The molecule has 3 aromatic rings. The molecule has 102 valence electrons. The van der Waals surface area contributed by atoms with E-state index in [1.807, 2.05) is 5.51 Å². The Morgan fingerprint density at radius 2 is 1.95 bits per heavy atom. The van der Waals surface area contributed by atoms with Gasteiger partial charge in [-0.15, -0.1) is 11.3 Å². The lowest BCUT2D eigenvalue weighted by molar-refractivity contribution is 0.581. The van der Waals surface area contributed by atoms with Gasteiger partial charge >= 0.3 is 0 Å². The van der Waals surface area contributed by atoms with E-state index in [9.17, 15) is 0 Å². The summed E-state index contributed by atoms with van der Waals surface area (Å²) >= 11 is 1.72.